The Morgan fingerprint density at radius 1 is 1.10 bits per heavy atom. The van der Waals surface area contributed by atoms with E-state index in [1.54, 1.807) is 18.3 Å². The summed E-state index contributed by atoms with van der Waals surface area (Å²) >= 11 is 0. The number of rotatable bonds is 7. The Morgan fingerprint density at radius 2 is 1.90 bits per heavy atom. The van der Waals surface area contributed by atoms with Crippen LogP contribution in [0.25, 0.3) is 0 Å². The number of hydrogen-bond acceptors (Lipinski definition) is 6. The number of ether oxygens (including phenoxy) is 2. The molecule has 31 heavy (non-hydrogen) atoms. The van der Waals surface area contributed by atoms with E-state index >= 15 is 0 Å². The van der Waals surface area contributed by atoms with Gasteiger partial charge in [0.05, 0.1) is 24.9 Å². The zero-order valence-electron chi connectivity index (χ0n) is 17.9. The van der Waals surface area contributed by atoms with Gasteiger partial charge in [-0.2, -0.15) is 0 Å². The van der Waals surface area contributed by atoms with E-state index in [4.69, 9.17) is 9.47 Å². The summed E-state index contributed by atoms with van der Waals surface area (Å²) in [5.74, 6) is 0.877. The van der Waals surface area contributed by atoms with Gasteiger partial charge in [0, 0.05) is 45.6 Å². The van der Waals surface area contributed by atoms with Crippen LogP contribution in [0, 0.1) is 5.92 Å². The summed E-state index contributed by atoms with van der Waals surface area (Å²) in [6.07, 6.45) is 3.68. The van der Waals surface area contributed by atoms with E-state index in [1.807, 2.05) is 35.2 Å². The molecule has 2 aromatic rings. The molecular formula is C24H31N3O4. The summed E-state index contributed by atoms with van der Waals surface area (Å²) in [5, 5.41) is 9.55. The van der Waals surface area contributed by atoms with Crippen molar-refractivity contribution in [2.45, 2.75) is 32.1 Å². The third-order valence-corrected chi connectivity index (χ3v) is 5.95. The molecule has 0 saturated carbocycles. The SMILES string of the molecule is O=C1CN(Cc2ccc(O)cc2)CC(OCc2ccccn2)CN1CC1CCOCC1. The number of aromatic nitrogens is 1. The molecule has 0 radical (unpaired) electrons. The standard InChI is InChI=1S/C24H31N3O4/c28-22-6-4-19(5-7-22)13-26-15-23(31-18-21-3-1-2-10-25-21)16-27(24(29)17-26)14-20-8-11-30-12-9-20/h1-7,10,20,23,28H,8-9,11-18H2. The summed E-state index contributed by atoms with van der Waals surface area (Å²) in [6.45, 7) is 5.02. The lowest BCUT2D eigenvalue weighted by atomic mass is 9.99. The maximum absolute atomic E-state index is 13.1. The van der Waals surface area contributed by atoms with Gasteiger partial charge >= 0.3 is 0 Å². The number of carbonyl (C=O) groups excluding carboxylic acids is 1. The number of pyridine rings is 1. The summed E-state index contributed by atoms with van der Waals surface area (Å²) in [7, 11) is 0. The van der Waals surface area contributed by atoms with Gasteiger partial charge in [-0.3, -0.25) is 14.7 Å². The molecule has 1 atom stereocenters. The smallest absolute Gasteiger partial charge is 0.236 e. The maximum Gasteiger partial charge on any atom is 0.236 e. The first-order chi connectivity index (χ1) is 15.2. The summed E-state index contributed by atoms with van der Waals surface area (Å²) < 4.78 is 11.7. The molecule has 2 saturated heterocycles. The number of phenols is 1. The van der Waals surface area contributed by atoms with E-state index in [2.05, 4.69) is 9.88 Å². The van der Waals surface area contributed by atoms with Crippen LogP contribution in [-0.2, 0) is 27.4 Å². The topological polar surface area (TPSA) is 75.1 Å². The molecule has 1 aromatic carbocycles. The van der Waals surface area contributed by atoms with Crippen molar-refractivity contribution in [2.24, 2.45) is 5.92 Å². The Bertz CT molecular complexity index is 824. The van der Waals surface area contributed by atoms with Gasteiger partial charge in [0.2, 0.25) is 5.91 Å². The second-order valence-electron chi connectivity index (χ2n) is 8.44. The third kappa shape index (κ3) is 6.50. The average molecular weight is 426 g/mol. The van der Waals surface area contributed by atoms with Crippen molar-refractivity contribution < 1.29 is 19.4 Å². The molecule has 0 bridgehead atoms. The fraction of sp³-hybridized carbons (Fsp3) is 0.500. The number of hydrogen-bond donors (Lipinski definition) is 1. The van der Waals surface area contributed by atoms with Gasteiger partial charge in [-0.25, -0.2) is 0 Å². The zero-order valence-corrected chi connectivity index (χ0v) is 17.9. The van der Waals surface area contributed by atoms with E-state index in [0.717, 1.165) is 43.9 Å². The van der Waals surface area contributed by atoms with E-state index in [9.17, 15) is 9.90 Å². The third-order valence-electron chi connectivity index (χ3n) is 5.95. The lowest BCUT2D eigenvalue weighted by molar-refractivity contribution is -0.133. The summed E-state index contributed by atoms with van der Waals surface area (Å²) in [4.78, 5) is 21.6. The number of aromatic hydroxyl groups is 1. The van der Waals surface area contributed by atoms with Crippen LogP contribution in [0.15, 0.2) is 48.7 Å². The molecule has 7 nitrogen and oxygen atoms in total. The first-order valence-corrected chi connectivity index (χ1v) is 11.0. The summed E-state index contributed by atoms with van der Waals surface area (Å²) in [6, 6.07) is 13.0. The number of amides is 1. The van der Waals surface area contributed by atoms with Crippen LogP contribution >= 0.6 is 0 Å². The Morgan fingerprint density at radius 3 is 2.65 bits per heavy atom. The van der Waals surface area contributed by atoms with Crippen molar-refractivity contribution in [3.8, 4) is 5.75 Å². The van der Waals surface area contributed by atoms with Crippen molar-refractivity contribution in [3.05, 3.63) is 59.9 Å². The minimum Gasteiger partial charge on any atom is -0.508 e. The van der Waals surface area contributed by atoms with Gasteiger partial charge in [-0.05, 0) is 48.6 Å². The molecule has 2 aliphatic rings. The second-order valence-corrected chi connectivity index (χ2v) is 8.44. The van der Waals surface area contributed by atoms with Crippen LogP contribution in [0.2, 0.25) is 0 Å². The number of benzene rings is 1. The highest BCUT2D eigenvalue weighted by Crippen LogP contribution is 2.20. The lowest BCUT2D eigenvalue weighted by Crippen LogP contribution is -2.42. The predicted octanol–water partition coefficient (Wildman–Crippen LogP) is 2.44. The Kier molecular flexibility index (Phi) is 7.51. The zero-order chi connectivity index (χ0) is 21.5. The van der Waals surface area contributed by atoms with E-state index in [-0.39, 0.29) is 17.8 Å². The van der Waals surface area contributed by atoms with Crippen LogP contribution in [0.1, 0.15) is 24.1 Å². The van der Waals surface area contributed by atoms with Crippen LogP contribution in [-0.4, -0.2) is 71.3 Å². The van der Waals surface area contributed by atoms with Crippen molar-refractivity contribution in [1.82, 2.24) is 14.8 Å². The van der Waals surface area contributed by atoms with Crippen molar-refractivity contribution in [3.63, 3.8) is 0 Å². The quantitative estimate of drug-likeness (QED) is 0.735. The van der Waals surface area contributed by atoms with Crippen LogP contribution in [0.3, 0.4) is 0 Å². The number of nitrogens with zero attached hydrogens (tertiary/aromatic N) is 3. The van der Waals surface area contributed by atoms with Gasteiger partial charge in [-0.15, -0.1) is 0 Å². The molecule has 0 aliphatic carbocycles. The van der Waals surface area contributed by atoms with Gasteiger partial charge in [0.15, 0.2) is 0 Å². The van der Waals surface area contributed by atoms with E-state index < -0.39 is 0 Å². The predicted molar refractivity (Wildman–Crippen MR) is 116 cm³/mol. The minimum absolute atomic E-state index is 0.0922. The van der Waals surface area contributed by atoms with Crippen LogP contribution in [0.5, 0.6) is 5.75 Å². The largest absolute Gasteiger partial charge is 0.508 e. The molecule has 1 amide bonds. The molecule has 7 heteroatoms. The normalized spacial score (nSPS) is 21.2. The molecule has 1 unspecified atom stereocenters. The maximum atomic E-state index is 13.1. The number of phenolic OH excluding ortho intramolecular Hbond substituents is 1. The molecule has 166 valence electrons. The fourth-order valence-corrected chi connectivity index (χ4v) is 4.24. The van der Waals surface area contributed by atoms with E-state index in [1.165, 1.54) is 0 Å². The highest BCUT2D eigenvalue weighted by Gasteiger charge is 2.30. The molecule has 0 spiro atoms. The fourth-order valence-electron chi connectivity index (χ4n) is 4.24. The first-order valence-electron chi connectivity index (χ1n) is 11.0. The van der Waals surface area contributed by atoms with Crippen LogP contribution < -0.4 is 0 Å². The van der Waals surface area contributed by atoms with Gasteiger partial charge in [0.1, 0.15) is 5.75 Å². The van der Waals surface area contributed by atoms with Gasteiger partial charge in [0.25, 0.3) is 0 Å². The highest BCUT2D eigenvalue weighted by molar-refractivity contribution is 5.78. The molecule has 4 rings (SSSR count). The Labute approximate surface area is 183 Å². The van der Waals surface area contributed by atoms with Gasteiger partial charge < -0.3 is 19.5 Å². The summed E-state index contributed by atoms with van der Waals surface area (Å²) in [5.41, 5.74) is 1.95. The van der Waals surface area contributed by atoms with E-state index in [0.29, 0.717) is 38.7 Å². The second kappa shape index (κ2) is 10.7. The van der Waals surface area contributed by atoms with Gasteiger partial charge in [-0.1, -0.05) is 18.2 Å². The highest BCUT2D eigenvalue weighted by atomic mass is 16.5. The molecular weight excluding hydrogens is 394 g/mol. The van der Waals surface area contributed by atoms with Crippen molar-refractivity contribution >= 4 is 5.91 Å². The molecule has 2 aliphatic heterocycles. The Balaban J connectivity index is 1.44. The van der Waals surface area contributed by atoms with Crippen molar-refractivity contribution in [2.75, 3.05) is 39.4 Å². The lowest BCUT2D eigenvalue weighted by Gasteiger charge is -2.30. The molecule has 1 aromatic heterocycles. The molecule has 1 N–H and O–H groups in total. The van der Waals surface area contributed by atoms with Crippen molar-refractivity contribution in [1.29, 1.82) is 0 Å². The monoisotopic (exact) mass is 425 g/mol. The molecule has 2 fully saturated rings. The molecule has 3 heterocycles. The van der Waals surface area contributed by atoms with Crippen LogP contribution in [0.4, 0.5) is 0 Å². The Hall–Kier alpha value is -2.48. The first kappa shape index (κ1) is 21.7. The number of carbonyl (C=O) groups is 1. The average Bonchev–Trinajstić information content (AvgIpc) is 2.93. The minimum atomic E-state index is -0.0922.